The molecule has 2 aliphatic rings. The van der Waals surface area contributed by atoms with Crippen LogP contribution in [0, 0.1) is 5.92 Å². The minimum absolute atomic E-state index is 0.239. The number of halogens is 1. The van der Waals surface area contributed by atoms with Gasteiger partial charge in [0, 0.05) is 25.1 Å². The van der Waals surface area contributed by atoms with Crippen LogP contribution in [0.5, 0.6) is 0 Å². The van der Waals surface area contributed by atoms with Gasteiger partial charge in [0.1, 0.15) is 5.60 Å². The topological polar surface area (TPSA) is 48.0 Å². The summed E-state index contributed by atoms with van der Waals surface area (Å²) < 4.78 is 17.2. The van der Waals surface area contributed by atoms with E-state index in [1.54, 1.807) is 4.90 Å². The van der Waals surface area contributed by atoms with Gasteiger partial charge in [0.15, 0.2) is 0 Å². The van der Waals surface area contributed by atoms with Crippen LogP contribution in [0.2, 0.25) is 0 Å². The lowest BCUT2D eigenvalue weighted by molar-refractivity contribution is -0.0956. The summed E-state index contributed by atoms with van der Waals surface area (Å²) in [6, 6.07) is 0. The van der Waals surface area contributed by atoms with Gasteiger partial charge < -0.3 is 19.1 Å². The fraction of sp³-hybridized carbons (Fsp3) is 0.941. The monoisotopic (exact) mass is 391 g/mol. The summed E-state index contributed by atoms with van der Waals surface area (Å²) in [5.74, 6) is 0.566. The summed E-state index contributed by atoms with van der Waals surface area (Å²) in [5, 5.41) is 0.739. The molecule has 2 rings (SSSR count). The average Bonchev–Trinajstić information content (AvgIpc) is 2.53. The number of piperidine rings is 1. The Hall–Kier alpha value is -0.330. The van der Waals surface area contributed by atoms with Crippen molar-refractivity contribution < 1.29 is 19.0 Å². The van der Waals surface area contributed by atoms with Gasteiger partial charge in [-0.05, 0) is 52.4 Å². The Morgan fingerprint density at radius 1 is 1.35 bits per heavy atom. The Morgan fingerprint density at radius 3 is 2.65 bits per heavy atom. The van der Waals surface area contributed by atoms with Crippen LogP contribution in [0.4, 0.5) is 4.79 Å². The Labute approximate surface area is 148 Å². The molecule has 5 nitrogen and oxygen atoms in total. The van der Waals surface area contributed by atoms with Crippen molar-refractivity contribution in [3.8, 4) is 0 Å². The highest BCUT2D eigenvalue weighted by Crippen LogP contribution is 2.30. The summed E-state index contributed by atoms with van der Waals surface area (Å²) in [5.41, 5.74) is -0.762. The maximum absolute atomic E-state index is 12.3. The first-order chi connectivity index (χ1) is 10.8. The molecule has 1 unspecified atom stereocenters. The lowest BCUT2D eigenvalue weighted by atomic mass is 9.94. The van der Waals surface area contributed by atoms with Crippen molar-refractivity contribution in [3.63, 3.8) is 0 Å². The van der Waals surface area contributed by atoms with Gasteiger partial charge in [-0.2, -0.15) is 0 Å². The van der Waals surface area contributed by atoms with Crippen molar-refractivity contribution in [1.82, 2.24) is 4.90 Å². The third kappa shape index (κ3) is 5.91. The smallest absolute Gasteiger partial charge is 0.410 e. The molecule has 2 saturated heterocycles. The summed E-state index contributed by atoms with van der Waals surface area (Å²) in [6.45, 7) is 9.44. The summed E-state index contributed by atoms with van der Waals surface area (Å²) in [4.78, 5) is 14.1. The second-order valence-corrected chi connectivity index (χ2v) is 8.25. The number of hydrogen-bond acceptors (Lipinski definition) is 4. The molecular weight excluding hydrogens is 362 g/mol. The van der Waals surface area contributed by atoms with Crippen molar-refractivity contribution in [2.75, 3.05) is 38.2 Å². The molecule has 2 heterocycles. The molecule has 1 amide bonds. The molecule has 2 aliphatic heterocycles. The van der Waals surface area contributed by atoms with E-state index in [0.29, 0.717) is 12.5 Å². The average molecular weight is 392 g/mol. The molecule has 1 atom stereocenters. The SMILES string of the molecule is CC(C)(C)OC(=O)N1CCCC(CBr)(OCC2CCOCC2)C1. The van der Waals surface area contributed by atoms with Crippen LogP contribution in [-0.4, -0.2) is 60.4 Å². The van der Waals surface area contributed by atoms with E-state index in [1.807, 2.05) is 20.8 Å². The minimum Gasteiger partial charge on any atom is -0.444 e. The molecule has 23 heavy (non-hydrogen) atoms. The van der Waals surface area contributed by atoms with Crippen LogP contribution in [-0.2, 0) is 14.2 Å². The molecule has 0 aromatic heterocycles. The molecule has 0 aromatic carbocycles. The molecule has 0 radical (unpaired) electrons. The zero-order valence-electron chi connectivity index (χ0n) is 14.6. The molecular formula is C17H30BrNO4. The zero-order valence-corrected chi connectivity index (χ0v) is 16.2. The van der Waals surface area contributed by atoms with Gasteiger partial charge in [0.25, 0.3) is 0 Å². The fourth-order valence-corrected chi connectivity index (χ4v) is 3.67. The number of carbonyl (C=O) groups excluding carboxylic acids is 1. The Kier molecular flexibility index (Phi) is 6.75. The van der Waals surface area contributed by atoms with Crippen LogP contribution in [0.15, 0.2) is 0 Å². The maximum atomic E-state index is 12.3. The second kappa shape index (κ2) is 8.17. The van der Waals surface area contributed by atoms with E-state index in [2.05, 4.69) is 15.9 Å². The van der Waals surface area contributed by atoms with E-state index < -0.39 is 5.60 Å². The number of carbonyl (C=O) groups is 1. The largest absolute Gasteiger partial charge is 0.444 e. The first kappa shape index (κ1) is 19.0. The van der Waals surface area contributed by atoms with Crippen molar-refractivity contribution in [1.29, 1.82) is 0 Å². The maximum Gasteiger partial charge on any atom is 0.410 e. The molecule has 134 valence electrons. The standard InChI is InChI=1S/C17H30BrNO4/c1-16(2,3)23-15(20)19-8-4-7-17(12-18,13-19)22-11-14-5-9-21-10-6-14/h14H,4-13H2,1-3H3. The number of hydrogen-bond donors (Lipinski definition) is 0. The first-order valence-corrected chi connectivity index (χ1v) is 9.71. The lowest BCUT2D eigenvalue weighted by Gasteiger charge is -2.42. The Balaban J connectivity index is 1.90. The number of alkyl halides is 1. The van der Waals surface area contributed by atoms with Crippen molar-refractivity contribution in [2.24, 2.45) is 5.92 Å². The normalized spacial score (nSPS) is 27.0. The van der Waals surface area contributed by atoms with Crippen molar-refractivity contribution >= 4 is 22.0 Å². The summed E-state index contributed by atoms with van der Waals surface area (Å²) in [6.07, 6.45) is 3.80. The van der Waals surface area contributed by atoms with Crippen LogP contribution < -0.4 is 0 Å². The van der Waals surface area contributed by atoms with E-state index in [4.69, 9.17) is 14.2 Å². The number of likely N-dealkylation sites (tertiary alicyclic amines) is 1. The lowest BCUT2D eigenvalue weighted by Crippen LogP contribution is -2.54. The van der Waals surface area contributed by atoms with Gasteiger partial charge in [-0.25, -0.2) is 4.79 Å². The predicted molar refractivity (Wildman–Crippen MR) is 93.1 cm³/mol. The van der Waals surface area contributed by atoms with E-state index >= 15 is 0 Å². The third-order valence-electron chi connectivity index (χ3n) is 4.40. The zero-order chi connectivity index (χ0) is 16.9. The number of amides is 1. The minimum atomic E-state index is -0.464. The van der Waals surface area contributed by atoms with E-state index in [9.17, 15) is 4.79 Å². The molecule has 0 saturated carbocycles. The fourth-order valence-electron chi connectivity index (χ4n) is 3.05. The van der Waals surface area contributed by atoms with E-state index in [-0.39, 0.29) is 11.7 Å². The molecule has 0 aliphatic carbocycles. The molecule has 0 N–H and O–H groups in total. The highest BCUT2D eigenvalue weighted by molar-refractivity contribution is 9.09. The summed E-state index contributed by atoms with van der Waals surface area (Å²) >= 11 is 3.60. The quantitative estimate of drug-likeness (QED) is 0.686. The van der Waals surface area contributed by atoms with Gasteiger partial charge >= 0.3 is 6.09 Å². The highest BCUT2D eigenvalue weighted by Gasteiger charge is 2.39. The van der Waals surface area contributed by atoms with Crippen molar-refractivity contribution in [3.05, 3.63) is 0 Å². The highest BCUT2D eigenvalue weighted by atomic mass is 79.9. The molecule has 2 fully saturated rings. The van der Waals surface area contributed by atoms with E-state index in [0.717, 1.165) is 57.4 Å². The summed E-state index contributed by atoms with van der Waals surface area (Å²) in [7, 11) is 0. The molecule has 0 aromatic rings. The molecule has 6 heteroatoms. The van der Waals surface area contributed by atoms with E-state index in [1.165, 1.54) is 0 Å². The van der Waals surface area contributed by atoms with Gasteiger partial charge in [-0.15, -0.1) is 0 Å². The van der Waals surface area contributed by atoms with Crippen LogP contribution in [0.25, 0.3) is 0 Å². The number of nitrogens with zero attached hydrogens (tertiary/aromatic N) is 1. The van der Waals surface area contributed by atoms with Gasteiger partial charge in [0.05, 0.1) is 18.8 Å². The molecule has 0 bridgehead atoms. The van der Waals surface area contributed by atoms with Gasteiger partial charge in [-0.1, -0.05) is 15.9 Å². The Morgan fingerprint density at radius 2 is 2.04 bits per heavy atom. The predicted octanol–water partition coefficient (Wildman–Crippen LogP) is 3.59. The number of ether oxygens (including phenoxy) is 3. The van der Waals surface area contributed by atoms with Gasteiger partial charge in [0.2, 0.25) is 0 Å². The van der Waals surface area contributed by atoms with Crippen LogP contribution >= 0.6 is 15.9 Å². The van der Waals surface area contributed by atoms with Crippen molar-refractivity contribution in [2.45, 2.75) is 57.7 Å². The first-order valence-electron chi connectivity index (χ1n) is 8.59. The molecule has 0 spiro atoms. The van der Waals surface area contributed by atoms with Crippen LogP contribution in [0.3, 0.4) is 0 Å². The third-order valence-corrected chi connectivity index (χ3v) is 5.42. The number of rotatable bonds is 4. The second-order valence-electron chi connectivity index (χ2n) is 7.69. The Bertz CT molecular complexity index is 393. The van der Waals surface area contributed by atoms with Crippen LogP contribution in [0.1, 0.15) is 46.5 Å². The van der Waals surface area contributed by atoms with Gasteiger partial charge in [-0.3, -0.25) is 0 Å².